The third kappa shape index (κ3) is 7.84. The molecule has 0 aliphatic carbocycles. The summed E-state index contributed by atoms with van der Waals surface area (Å²) in [4.78, 5) is 75.0. The van der Waals surface area contributed by atoms with Crippen LogP contribution in [0.4, 0.5) is 26.1 Å². The fourth-order valence-corrected chi connectivity index (χ4v) is 9.65. The monoisotopic (exact) mass is 869 g/mol. The summed E-state index contributed by atoms with van der Waals surface area (Å²) in [6.45, 7) is 6.96. The van der Waals surface area contributed by atoms with E-state index in [9.17, 15) is 28.8 Å². The van der Waals surface area contributed by atoms with Crippen LogP contribution in [0.25, 0.3) is 16.6 Å². The van der Waals surface area contributed by atoms with Gasteiger partial charge < -0.3 is 24.3 Å². The summed E-state index contributed by atoms with van der Waals surface area (Å²) in [5, 5.41) is 12.5. The van der Waals surface area contributed by atoms with Crippen molar-refractivity contribution in [3.8, 4) is 23.3 Å². The molecule has 2 aromatic heterocycles. The van der Waals surface area contributed by atoms with Gasteiger partial charge in [-0.05, 0) is 85.7 Å². The predicted octanol–water partition coefficient (Wildman–Crippen LogP) is 4.33. The second kappa shape index (κ2) is 16.9. The summed E-state index contributed by atoms with van der Waals surface area (Å²) in [6, 6.07) is 14.6. The average molecular weight is 870 g/mol. The number of rotatable bonds is 9. The lowest BCUT2D eigenvalue weighted by molar-refractivity contribution is -0.136. The van der Waals surface area contributed by atoms with Crippen LogP contribution in [0.2, 0.25) is 0 Å². The van der Waals surface area contributed by atoms with Gasteiger partial charge >= 0.3 is 0 Å². The third-order valence-corrected chi connectivity index (χ3v) is 13.2. The highest BCUT2D eigenvalue weighted by molar-refractivity contribution is 6.05. The molecule has 5 aromatic rings. The number of carbonyl (C=O) groups excluding carboxylic acids is 3. The summed E-state index contributed by atoms with van der Waals surface area (Å²) in [7, 11) is 0. The Balaban J connectivity index is 0.731. The van der Waals surface area contributed by atoms with Gasteiger partial charge in [0, 0.05) is 83.1 Å². The number of nitrogens with one attached hydrogen (secondary N) is 1. The van der Waals surface area contributed by atoms with Crippen molar-refractivity contribution in [2.45, 2.75) is 50.9 Å². The van der Waals surface area contributed by atoms with Crippen LogP contribution in [-0.2, 0) is 16.1 Å². The zero-order valence-electron chi connectivity index (χ0n) is 35.0. The molecule has 4 fully saturated rings. The third-order valence-electron chi connectivity index (χ3n) is 13.2. The van der Waals surface area contributed by atoms with Crippen molar-refractivity contribution in [1.29, 1.82) is 5.26 Å². The molecule has 1 unspecified atom stereocenters. The molecule has 3 amide bonds. The molecule has 0 radical (unpaired) electrons. The predicted molar refractivity (Wildman–Crippen MR) is 232 cm³/mol. The van der Waals surface area contributed by atoms with Crippen molar-refractivity contribution in [2.75, 3.05) is 73.6 Å². The number of piperazine rings is 1. The van der Waals surface area contributed by atoms with Crippen molar-refractivity contribution in [3.05, 3.63) is 100 Å². The van der Waals surface area contributed by atoms with Gasteiger partial charge in [0.2, 0.25) is 17.8 Å². The number of carbonyl (C=O) groups is 3. The van der Waals surface area contributed by atoms with Gasteiger partial charge in [-0.1, -0.05) is 0 Å². The molecule has 5 aliphatic heterocycles. The molecule has 3 aromatic carbocycles. The number of benzene rings is 3. The molecule has 2 atom stereocenters. The lowest BCUT2D eigenvalue weighted by Gasteiger charge is -2.39. The molecule has 18 heteroatoms. The minimum atomic E-state index is -1.03. The van der Waals surface area contributed by atoms with Crippen molar-refractivity contribution < 1.29 is 27.9 Å². The van der Waals surface area contributed by atoms with Crippen molar-refractivity contribution in [1.82, 2.24) is 34.6 Å². The number of piperidine rings is 2. The Hall–Kier alpha value is -7.00. The first-order chi connectivity index (χ1) is 31.1. The van der Waals surface area contributed by atoms with Gasteiger partial charge in [0.15, 0.2) is 11.6 Å². The Bertz CT molecular complexity index is 2760. The van der Waals surface area contributed by atoms with Gasteiger partial charge in [-0.3, -0.25) is 34.0 Å². The molecule has 0 spiro atoms. The number of aromatic nitrogens is 4. The van der Waals surface area contributed by atoms with Crippen molar-refractivity contribution >= 4 is 45.9 Å². The molecular weight excluding hydrogens is 825 g/mol. The van der Waals surface area contributed by atoms with Crippen LogP contribution in [-0.4, -0.2) is 118 Å². The fourth-order valence-electron chi connectivity index (χ4n) is 9.65. The first-order valence-electron chi connectivity index (χ1n) is 21.7. The van der Waals surface area contributed by atoms with E-state index in [4.69, 9.17) is 4.74 Å². The zero-order chi connectivity index (χ0) is 44.1. The molecule has 1 N–H and O–H groups in total. The van der Waals surface area contributed by atoms with E-state index in [1.807, 2.05) is 18.2 Å². The van der Waals surface area contributed by atoms with Crippen molar-refractivity contribution in [2.24, 2.45) is 5.92 Å². The number of halogens is 2. The average Bonchev–Trinajstić information content (AvgIpc) is 3.89. The summed E-state index contributed by atoms with van der Waals surface area (Å²) < 4.78 is 36.3. The van der Waals surface area contributed by atoms with E-state index in [1.165, 1.54) is 29.1 Å². The van der Waals surface area contributed by atoms with Gasteiger partial charge in [0.1, 0.15) is 35.9 Å². The molecule has 16 nitrogen and oxygen atoms in total. The quantitative estimate of drug-likeness (QED) is 0.208. The lowest BCUT2D eigenvalue weighted by Crippen LogP contribution is -2.52. The number of hydrogen-bond acceptors (Lipinski definition) is 13. The smallest absolute Gasteiger partial charge is 0.266 e. The number of fused-ring (bicyclic) bond motifs is 2. The summed E-state index contributed by atoms with van der Waals surface area (Å²) in [5.41, 5.74) is 3.37. The van der Waals surface area contributed by atoms with Crippen LogP contribution in [0.1, 0.15) is 53.6 Å². The first-order valence-corrected chi connectivity index (χ1v) is 21.7. The molecule has 4 saturated heterocycles. The van der Waals surface area contributed by atoms with Gasteiger partial charge in [-0.2, -0.15) is 5.26 Å². The van der Waals surface area contributed by atoms with E-state index in [-0.39, 0.29) is 47.2 Å². The highest BCUT2D eigenvalue weighted by atomic mass is 19.1. The number of nitrogens with zero attached hydrogens (tertiary/aromatic N) is 10. The van der Waals surface area contributed by atoms with Gasteiger partial charge in [-0.25, -0.2) is 23.7 Å². The van der Waals surface area contributed by atoms with Crippen LogP contribution >= 0.6 is 0 Å². The number of ether oxygens (including phenoxy) is 1. The lowest BCUT2D eigenvalue weighted by atomic mass is 9.95. The van der Waals surface area contributed by atoms with Crippen LogP contribution < -0.4 is 30.3 Å². The van der Waals surface area contributed by atoms with Crippen LogP contribution in [0.15, 0.2) is 72.0 Å². The molecule has 328 valence electrons. The van der Waals surface area contributed by atoms with E-state index in [2.05, 4.69) is 41.0 Å². The Morgan fingerprint density at radius 3 is 2.34 bits per heavy atom. The van der Waals surface area contributed by atoms with E-state index in [0.717, 1.165) is 69.9 Å². The van der Waals surface area contributed by atoms with Gasteiger partial charge in [0.25, 0.3) is 11.5 Å². The highest BCUT2D eigenvalue weighted by Crippen LogP contribution is 2.37. The maximum atomic E-state index is 15.1. The van der Waals surface area contributed by atoms with Crippen molar-refractivity contribution in [3.63, 3.8) is 0 Å². The number of hydrogen-bond donors (Lipinski definition) is 1. The van der Waals surface area contributed by atoms with E-state index < -0.39 is 29.5 Å². The van der Waals surface area contributed by atoms with E-state index in [1.54, 1.807) is 34.3 Å². The molecule has 0 bridgehead atoms. The second-order valence-corrected chi connectivity index (χ2v) is 17.1. The highest BCUT2D eigenvalue weighted by Gasteiger charge is 2.39. The molecule has 0 saturated carbocycles. The summed E-state index contributed by atoms with van der Waals surface area (Å²) in [5.74, 6) is -0.652. The van der Waals surface area contributed by atoms with Crippen LogP contribution in [0.5, 0.6) is 11.5 Å². The van der Waals surface area contributed by atoms with E-state index in [0.29, 0.717) is 60.3 Å². The number of anilines is 3. The molecule has 7 heterocycles. The summed E-state index contributed by atoms with van der Waals surface area (Å²) in [6.07, 6.45) is 6.55. The summed E-state index contributed by atoms with van der Waals surface area (Å²) >= 11 is 0. The Kier molecular flexibility index (Phi) is 10.9. The molecule has 5 aliphatic rings. The zero-order valence-corrected chi connectivity index (χ0v) is 35.0. The Labute approximate surface area is 366 Å². The Morgan fingerprint density at radius 1 is 0.828 bits per heavy atom. The molecule has 10 rings (SSSR count). The second-order valence-electron chi connectivity index (χ2n) is 17.1. The standard InChI is InChI=1S/C46H45F2N11O5/c47-30-11-14-57(26-30)39-6-4-37(48)42(36(39)21-49)64-33-2-5-38-35(20-33)45(63)59(27-52-38)32-22-50-46(51-23-32)56-17-15-54(16-18-56)24-28-9-12-55(13-10-28)31-1-3-34-29(19-31)25-58(44(34)62)40-7-8-41(60)53-43(40)61/h1-6,19-20,22-23,27-28,30,40H,7-18,24-26H2,(H,53,60,61)/t30-,40?/m1/s1. The fraction of sp³-hybridized carbons (Fsp3) is 0.391. The van der Waals surface area contributed by atoms with Crippen LogP contribution in [0, 0.1) is 23.1 Å². The number of nitriles is 1. The largest absolute Gasteiger partial charge is 0.453 e. The minimum Gasteiger partial charge on any atom is -0.453 e. The Morgan fingerprint density at radius 2 is 1.61 bits per heavy atom. The maximum absolute atomic E-state index is 15.1. The maximum Gasteiger partial charge on any atom is 0.266 e. The topological polar surface area (TPSA) is 173 Å². The van der Waals surface area contributed by atoms with Crippen LogP contribution in [0.3, 0.4) is 0 Å². The first kappa shape index (κ1) is 41.0. The van der Waals surface area contributed by atoms with Gasteiger partial charge in [-0.15, -0.1) is 0 Å². The van der Waals surface area contributed by atoms with E-state index >= 15 is 4.39 Å². The SMILES string of the molecule is N#Cc1c(N2CC[C@@H](F)C2)ccc(F)c1Oc1ccc2ncn(-c3cnc(N4CCN(CC5CCN(c6ccc7c(c6)CN(C6CCC(=O)NC6=O)C7=O)CC5)CC4)nc3)c(=O)c2c1. The number of imide groups is 1. The minimum absolute atomic E-state index is 0.0497. The molecule has 64 heavy (non-hydrogen) atoms. The molecular formula is C46H45F2N11O5. The van der Waals surface area contributed by atoms with Gasteiger partial charge in [0.05, 0.1) is 34.7 Å². The number of alkyl halides is 1. The number of amides is 3. The normalized spacial score (nSPS) is 20.8.